The zero-order chi connectivity index (χ0) is 18.9. The van der Waals surface area contributed by atoms with E-state index < -0.39 is 21.8 Å². The molecule has 0 fully saturated rings. The van der Waals surface area contributed by atoms with Crippen molar-refractivity contribution in [3.05, 3.63) is 59.7 Å². The fourth-order valence-electron chi connectivity index (χ4n) is 3.14. The van der Waals surface area contributed by atoms with Crippen LogP contribution >= 0.6 is 0 Å². The predicted octanol–water partition coefficient (Wildman–Crippen LogP) is 1.80. The highest BCUT2D eigenvalue weighted by Crippen LogP contribution is 2.33. The number of amides is 2. The van der Waals surface area contributed by atoms with Crippen LogP contribution in [0.2, 0.25) is 0 Å². The monoisotopic (exact) mass is 372 g/mol. The average Bonchev–Trinajstić information content (AvgIpc) is 3.06. The number of carbonyl (C=O) groups excluding carboxylic acids is 2. The van der Waals surface area contributed by atoms with Gasteiger partial charge in [0, 0.05) is 24.7 Å². The molecule has 1 heterocycles. The van der Waals surface area contributed by atoms with Gasteiger partial charge in [-0.15, -0.1) is 0 Å². The molecule has 3 rings (SSSR count). The quantitative estimate of drug-likeness (QED) is 0.887. The molecule has 2 amide bonds. The van der Waals surface area contributed by atoms with Crippen LogP contribution < -0.4 is 10.2 Å². The van der Waals surface area contributed by atoms with E-state index in [0.29, 0.717) is 12.1 Å². The molecule has 0 saturated heterocycles. The van der Waals surface area contributed by atoms with Crippen molar-refractivity contribution < 1.29 is 18.0 Å². The van der Waals surface area contributed by atoms with Gasteiger partial charge in [0.2, 0.25) is 5.91 Å². The first-order chi connectivity index (χ1) is 12.4. The molecule has 7 heteroatoms. The SMILES string of the molecule is CCS(=O)(=O)c1cccc(C(=O)N2c3ccccc3CC2C(=O)NC)c1. The van der Waals surface area contributed by atoms with E-state index in [0.717, 1.165) is 5.56 Å². The van der Waals surface area contributed by atoms with E-state index in [1.165, 1.54) is 24.1 Å². The lowest BCUT2D eigenvalue weighted by molar-refractivity contribution is -0.121. The highest BCUT2D eigenvalue weighted by atomic mass is 32.2. The lowest BCUT2D eigenvalue weighted by atomic mass is 10.1. The summed E-state index contributed by atoms with van der Waals surface area (Å²) in [7, 11) is -1.89. The van der Waals surface area contributed by atoms with Gasteiger partial charge in [-0.05, 0) is 29.8 Å². The molecule has 0 spiro atoms. The molecular formula is C19H20N2O4S. The summed E-state index contributed by atoms with van der Waals surface area (Å²) in [5.41, 5.74) is 1.83. The maximum atomic E-state index is 13.2. The van der Waals surface area contributed by atoms with E-state index in [2.05, 4.69) is 5.32 Å². The number of fused-ring (bicyclic) bond motifs is 1. The smallest absolute Gasteiger partial charge is 0.259 e. The van der Waals surface area contributed by atoms with E-state index in [1.807, 2.05) is 18.2 Å². The van der Waals surface area contributed by atoms with Gasteiger partial charge in [-0.2, -0.15) is 0 Å². The zero-order valence-corrected chi connectivity index (χ0v) is 15.4. The number of sulfone groups is 1. The Morgan fingerprint density at radius 3 is 2.58 bits per heavy atom. The Labute approximate surface area is 152 Å². The largest absolute Gasteiger partial charge is 0.357 e. The Hall–Kier alpha value is -2.67. The number of anilines is 1. The molecule has 0 saturated carbocycles. The zero-order valence-electron chi connectivity index (χ0n) is 14.6. The van der Waals surface area contributed by atoms with Crippen LogP contribution in [0.3, 0.4) is 0 Å². The predicted molar refractivity (Wildman–Crippen MR) is 99.0 cm³/mol. The molecule has 1 aliphatic rings. The molecule has 0 bridgehead atoms. The average molecular weight is 372 g/mol. The first-order valence-electron chi connectivity index (χ1n) is 8.35. The number of likely N-dealkylation sites (N-methyl/N-ethyl adjacent to an activating group) is 1. The third kappa shape index (κ3) is 3.10. The topological polar surface area (TPSA) is 83.6 Å². The molecule has 0 aliphatic carbocycles. The Balaban J connectivity index is 2.05. The van der Waals surface area contributed by atoms with Crippen molar-refractivity contribution in [2.45, 2.75) is 24.3 Å². The molecule has 136 valence electrons. The van der Waals surface area contributed by atoms with Crippen molar-refractivity contribution in [1.82, 2.24) is 5.32 Å². The lowest BCUT2D eigenvalue weighted by Gasteiger charge is -2.24. The van der Waals surface area contributed by atoms with E-state index >= 15 is 0 Å². The number of nitrogens with one attached hydrogen (secondary N) is 1. The first kappa shape index (κ1) is 18.1. The van der Waals surface area contributed by atoms with Gasteiger partial charge in [-0.25, -0.2) is 8.42 Å². The number of benzene rings is 2. The third-order valence-corrected chi connectivity index (χ3v) is 6.30. The van der Waals surface area contributed by atoms with Crippen molar-refractivity contribution in [2.75, 3.05) is 17.7 Å². The molecule has 1 atom stereocenters. The van der Waals surface area contributed by atoms with E-state index in [-0.39, 0.29) is 22.1 Å². The van der Waals surface area contributed by atoms with Crippen LogP contribution in [0, 0.1) is 0 Å². The highest BCUT2D eigenvalue weighted by molar-refractivity contribution is 7.91. The summed E-state index contributed by atoms with van der Waals surface area (Å²) in [6.07, 6.45) is 0.425. The highest BCUT2D eigenvalue weighted by Gasteiger charge is 2.38. The van der Waals surface area contributed by atoms with Gasteiger partial charge in [0.15, 0.2) is 9.84 Å². The maximum Gasteiger partial charge on any atom is 0.259 e. The van der Waals surface area contributed by atoms with Crippen molar-refractivity contribution in [3.8, 4) is 0 Å². The fraction of sp³-hybridized carbons (Fsp3) is 0.263. The van der Waals surface area contributed by atoms with Crippen molar-refractivity contribution >= 4 is 27.3 Å². The Morgan fingerprint density at radius 2 is 1.88 bits per heavy atom. The molecule has 0 aromatic heterocycles. The van der Waals surface area contributed by atoms with Crippen molar-refractivity contribution in [2.24, 2.45) is 0 Å². The standard InChI is InChI=1S/C19H20N2O4S/c1-3-26(24,25)15-9-6-8-14(11-15)19(23)21-16-10-5-4-7-13(16)12-17(21)18(22)20-2/h4-11,17H,3,12H2,1-2H3,(H,20,22). The van der Waals surface area contributed by atoms with Crippen molar-refractivity contribution in [3.63, 3.8) is 0 Å². The molecule has 26 heavy (non-hydrogen) atoms. The van der Waals surface area contributed by atoms with Crippen LogP contribution in [0.15, 0.2) is 53.4 Å². The molecule has 1 unspecified atom stereocenters. The number of rotatable bonds is 4. The van der Waals surface area contributed by atoms with Crippen LogP contribution in [0.5, 0.6) is 0 Å². The summed E-state index contributed by atoms with van der Waals surface area (Å²) in [4.78, 5) is 27.0. The molecule has 6 nitrogen and oxygen atoms in total. The van der Waals surface area contributed by atoms with Gasteiger partial charge in [-0.1, -0.05) is 31.2 Å². The summed E-state index contributed by atoms with van der Waals surface area (Å²) >= 11 is 0. The van der Waals surface area contributed by atoms with Crippen LogP contribution in [0.25, 0.3) is 0 Å². The number of nitrogens with zero attached hydrogens (tertiary/aromatic N) is 1. The third-order valence-electron chi connectivity index (χ3n) is 4.56. The minimum absolute atomic E-state index is 0.0436. The first-order valence-corrected chi connectivity index (χ1v) is 10.00. The number of hydrogen-bond acceptors (Lipinski definition) is 4. The molecular weight excluding hydrogens is 352 g/mol. The van der Waals surface area contributed by atoms with Gasteiger partial charge in [-0.3, -0.25) is 14.5 Å². The van der Waals surface area contributed by atoms with Gasteiger partial charge < -0.3 is 5.32 Å². The minimum Gasteiger partial charge on any atom is -0.357 e. The van der Waals surface area contributed by atoms with Crippen LogP contribution in [-0.4, -0.2) is 39.1 Å². The molecule has 2 aromatic carbocycles. The van der Waals surface area contributed by atoms with Gasteiger partial charge in [0.25, 0.3) is 5.91 Å². The number of carbonyl (C=O) groups is 2. The number of para-hydroxylation sites is 1. The van der Waals surface area contributed by atoms with Gasteiger partial charge in [0.1, 0.15) is 6.04 Å². The van der Waals surface area contributed by atoms with Crippen LogP contribution in [0.4, 0.5) is 5.69 Å². The molecule has 0 radical (unpaired) electrons. The second-order valence-corrected chi connectivity index (χ2v) is 8.35. The fourth-order valence-corrected chi connectivity index (χ4v) is 4.07. The van der Waals surface area contributed by atoms with Crippen molar-refractivity contribution in [1.29, 1.82) is 0 Å². The Kier molecular flexibility index (Phi) is 4.82. The molecule has 1 N–H and O–H groups in total. The van der Waals surface area contributed by atoms with E-state index in [1.54, 1.807) is 25.1 Å². The van der Waals surface area contributed by atoms with E-state index in [9.17, 15) is 18.0 Å². The lowest BCUT2D eigenvalue weighted by Crippen LogP contribution is -2.47. The van der Waals surface area contributed by atoms with Gasteiger partial charge in [0.05, 0.1) is 10.6 Å². The van der Waals surface area contributed by atoms with Crippen LogP contribution in [0.1, 0.15) is 22.8 Å². The molecule has 2 aromatic rings. The summed E-state index contributed by atoms with van der Waals surface area (Å²) in [5.74, 6) is -0.693. The van der Waals surface area contributed by atoms with Crippen LogP contribution in [-0.2, 0) is 21.1 Å². The van der Waals surface area contributed by atoms with E-state index in [4.69, 9.17) is 0 Å². The minimum atomic E-state index is -3.42. The summed E-state index contributed by atoms with van der Waals surface area (Å²) < 4.78 is 24.3. The second kappa shape index (κ2) is 6.92. The molecule has 1 aliphatic heterocycles. The Bertz CT molecular complexity index is 969. The summed E-state index contributed by atoms with van der Waals surface area (Å²) in [6.45, 7) is 1.56. The Morgan fingerprint density at radius 1 is 1.15 bits per heavy atom. The normalized spacial score (nSPS) is 16.2. The van der Waals surface area contributed by atoms with Gasteiger partial charge >= 0.3 is 0 Å². The second-order valence-electron chi connectivity index (χ2n) is 6.07. The maximum absolute atomic E-state index is 13.2. The number of hydrogen-bond donors (Lipinski definition) is 1. The summed E-state index contributed by atoms with van der Waals surface area (Å²) in [5, 5.41) is 2.59. The summed E-state index contributed by atoms with van der Waals surface area (Å²) in [6, 6.07) is 12.7.